The molecule has 1 atom stereocenters. The Balaban J connectivity index is 2.72. The zero-order chi connectivity index (χ0) is 15.0. The molecule has 20 heavy (non-hydrogen) atoms. The van der Waals surface area contributed by atoms with E-state index in [1.54, 1.807) is 0 Å². The van der Waals surface area contributed by atoms with Crippen LogP contribution in [0.25, 0.3) is 0 Å². The molecule has 0 saturated heterocycles. The molecule has 0 aliphatic rings. The van der Waals surface area contributed by atoms with Gasteiger partial charge in [0.2, 0.25) is 5.91 Å². The topological polar surface area (TPSA) is 55.6 Å². The number of benzene rings is 1. The van der Waals surface area contributed by atoms with E-state index in [1.165, 1.54) is 0 Å². The molecule has 0 aliphatic heterocycles. The average molecular weight is 278 g/mol. The van der Waals surface area contributed by atoms with Gasteiger partial charge in [-0.05, 0) is 45.0 Å². The van der Waals surface area contributed by atoms with Gasteiger partial charge in [0, 0.05) is 25.4 Å². The van der Waals surface area contributed by atoms with Gasteiger partial charge in [-0.25, -0.2) is 0 Å². The standard InChI is InChI=1S/C16H26N2O2/c1-4-18(5-2)16(19)11-14(12-17)13-7-9-15(10-8-13)20-6-3/h7-10,14H,4-6,11-12,17H2,1-3H3. The van der Waals surface area contributed by atoms with Gasteiger partial charge in [-0.2, -0.15) is 0 Å². The molecule has 112 valence electrons. The van der Waals surface area contributed by atoms with Gasteiger partial charge in [-0.1, -0.05) is 12.1 Å². The number of amides is 1. The third-order valence-corrected chi connectivity index (χ3v) is 3.48. The molecule has 1 amide bonds. The molecule has 1 aromatic carbocycles. The summed E-state index contributed by atoms with van der Waals surface area (Å²) in [5.74, 6) is 1.08. The second kappa shape index (κ2) is 8.59. The minimum atomic E-state index is 0.0683. The van der Waals surface area contributed by atoms with E-state index in [-0.39, 0.29) is 11.8 Å². The summed E-state index contributed by atoms with van der Waals surface area (Å²) < 4.78 is 5.42. The van der Waals surface area contributed by atoms with Crippen molar-refractivity contribution in [3.63, 3.8) is 0 Å². The highest BCUT2D eigenvalue weighted by Crippen LogP contribution is 2.22. The first-order valence-corrected chi connectivity index (χ1v) is 7.36. The van der Waals surface area contributed by atoms with E-state index in [0.29, 0.717) is 19.6 Å². The summed E-state index contributed by atoms with van der Waals surface area (Å²) in [6.45, 7) is 8.57. The predicted octanol–water partition coefficient (Wildman–Crippen LogP) is 2.39. The Morgan fingerprint density at radius 3 is 2.25 bits per heavy atom. The van der Waals surface area contributed by atoms with E-state index >= 15 is 0 Å². The van der Waals surface area contributed by atoms with Crippen molar-refractivity contribution in [2.45, 2.75) is 33.1 Å². The molecule has 1 unspecified atom stereocenters. The number of rotatable bonds is 8. The van der Waals surface area contributed by atoms with Gasteiger partial charge in [0.05, 0.1) is 6.61 Å². The van der Waals surface area contributed by atoms with Crippen molar-refractivity contribution in [3.8, 4) is 5.75 Å². The van der Waals surface area contributed by atoms with Gasteiger partial charge in [0.15, 0.2) is 0 Å². The van der Waals surface area contributed by atoms with E-state index in [2.05, 4.69) is 0 Å². The van der Waals surface area contributed by atoms with E-state index in [0.717, 1.165) is 24.4 Å². The van der Waals surface area contributed by atoms with Gasteiger partial charge in [0.1, 0.15) is 5.75 Å². The number of nitrogens with two attached hydrogens (primary N) is 1. The number of hydrogen-bond acceptors (Lipinski definition) is 3. The van der Waals surface area contributed by atoms with Crippen molar-refractivity contribution in [1.82, 2.24) is 4.90 Å². The van der Waals surface area contributed by atoms with Crippen molar-refractivity contribution in [2.24, 2.45) is 5.73 Å². The van der Waals surface area contributed by atoms with Crippen LogP contribution in [0.15, 0.2) is 24.3 Å². The molecule has 4 nitrogen and oxygen atoms in total. The maximum absolute atomic E-state index is 12.2. The Bertz CT molecular complexity index is 399. The van der Waals surface area contributed by atoms with E-state index < -0.39 is 0 Å². The van der Waals surface area contributed by atoms with Gasteiger partial charge < -0.3 is 15.4 Å². The second-order valence-electron chi connectivity index (χ2n) is 4.70. The summed E-state index contributed by atoms with van der Waals surface area (Å²) >= 11 is 0. The highest BCUT2D eigenvalue weighted by molar-refractivity contribution is 5.77. The lowest BCUT2D eigenvalue weighted by molar-refractivity contribution is -0.131. The summed E-state index contributed by atoms with van der Waals surface area (Å²) in [5.41, 5.74) is 6.92. The van der Waals surface area contributed by atoms with Gasteiger partial charge >= 0.3 is 0 Å². The monoisotopic (exact) mass is 278 g/mol. The van der Waals surface area contributed by atoms with E-state index in [4.69, 9.17) is 10.5 Å². The zero-order valence-electron chi connectivity index (χ0n) is 12.8. The van der Waals surface area contributed by atoms with Gasteiger partial charge in [-0.3, -0.25) is 4.79 Å². The minimum Gasteiger partial charge on any atom is -0.494 e. The highest BCUT2D eigenvalue weighted by Gasteiger charge is 2.18. The maximum atomic E-state index is 12.2. The number of ether oxygens (including phenoxy) is 1. The number of hydrogen-bond donors (Lipinski definition) is 1. The summed E-state index contributed by atoms with van der Waals surface area (Å²) in [6, 6.07) is 7.86. The maximum Gasteiger partial charge on any atom is 0.223 e. The third kappa shape index (κ3) is 4.53. The molecule has 2 N–H and O–H groups in total. The van der Waals surface area contributed by atoms with Crippen LogP contribution in [0.3, 0.4) is 0 Å². The van der Waals surface area contributed by atoms with Crippen LogP contribution in [0, 0.1) is 0 Å². The quantitative estimate of drug-likeness (QED) is 0.794. The van der Waals surface area contributed by atoms with Crippen LogP contribution < -0.4 is 10.5 Å². The first-order valence-electron chi connectivity index (χ1n) is 7.36. The molecular weight excluding hydrogens is 252 g/mol. The second-order valence-corrected chi connectivity index (χ2v) is 4.70. The van der Waals surface area contributed by atoms with Crippen molar-refractivity contribution < 1.29 is 9.53 Å². The zero-order valence-corrected chi connectivity index (χ0v) is 12.8. The summed E-state index contributed by atoms with van der Waals surface area (Å²) in [5, 5.41) is 0. The van der Waals surface area contributed by atoms with E-state index in [1.807, 2.05) is 49.9 Å². The molecule has 0 heterocycles. The minimum absolute atomic E-state index is 0.0683. The first kappa shape index (κ1) is 16.5. The van der Waals surface area contributed by atoms with Crippen LogP contribution in [0.2, 0.25) is 0 Å². The molecule has 0 spiro atoms. The van der Waals surface area contributed by atoms with Gasteiger partial charge in [0.25, 0.3) is 0 Å². The fourth-order valence-electron chi connectivity index (χ4n) is 2.26. The van der Waals surface area contributed by atoms with Crippen molar-refractivity contribution >= 4 is 5.91 Å². The Labute approximate surface area is 121 Å². The molecule has 0 aliphatic carbocycles. The van der Waals surface area contributed by atoms with Crippen LogP contribution >= 0.6 is 0 Å². The Hall–Kier alpha value is -1.55. The SMILES string of the molecule is CCOc1ccc(C(CN)CC(=O)N(CC)CC)cc1. The summed E-state index contributed by atoms with van der Waals surface area (Å²) in [4.78, 5) is 14.0. The number of carbonyl (C=O) groups excluding carboxylic acids is 1. The lowest BCUT2D eigenvalue weighted by Gasteiger charge is -2.22. The largest absolute Gasteiger partial charge is 0.494 e. The molecule has 0 fully saturated rings. The highest BCUT2D eigenvalue weighted by atomic mass is 16.5. The lowest BCUT2D eigenvalue weighted by atomic mass is 9.95. The third-order valence-electron chi connectivity index (χ3n) is 3.48. The van der Waals surface area contributed by atoms with Crippen molar-refractivity contribution in [1.29, 1.82) is 0 Å². The summed E-state index contributed by atoms with van der Waals surface area (Å²) in [7, 11) is 0. The van der Waals surface area contributed by atoms with E-state index in [9.17, 15) is 4.79 Å². The van der Waals surface area contributed by atoms with Crippen LogP contribution in [0.5, 0.6) is 5.75 Å². The van der Waals surface area contributed by atoms with Crippen LogP contribution in [-0.2, 0) is 4.79 Å². The molecule has 1 aromatic rings. The molecule has 4 heteroatoms. The van der Waals surface area contributed by atoms with Crippen molar-refractivity contribution in [2.75, 3.05) is 26.2 Å². The predicted molar refractivity (Wildman–Crippen MR) is 82.0 cm³/mol. The fraction of sp³-hybridized carbons (Fsp3) is 0.562. The Morgan fingerprint density at radius 1 is 1.20 bits per heavy atom. The van der Waals surface area contributed by atoms with Crippen LogP contribution in [0.4, 0.5) is 0 Å². The Morgan fingerprint density at radius 2 is 1.80 bits per heavy atom. The Kier molecular flexibility index (Phi) is 7.09. The van der Waals surface area contributed by atoms with Gasteiger partial charge in [-0.15, -0.1) is 0 Å². The van der Waals surface area contributed by atoms with Crippen molar-refractivity contribution in [3.05, 3.63) is 29.8 Å². The van der Waals surface area contributed by atoms with Crippen LogP contribution in [-0.4, -0.2) is 37.0 Å². The normalized spacial score (nSPS) is 12.0. The molecule has 0 aromatic heterocycles. The lowest BCUT2D eigenvalue weighted by Crippen LogP contribution is -2.32. The number of carbonyl (C=O) groups is 1. The average Bonchev–Trinajstić information content (AvgIpc) is 2.47. The fourth-order valence-corrected chi connectivity index (χ4v) is 2.26. The molecule has 0 saturated carbocycles. The molecule has 1 rings (SSSR count). The summed E-state index contributed by atoms with van der Waals surface area (Å²) in [6.07, 6.45) is 0.464. The molecule has 0 radical (unpaired) electrons. The van der Waals surface area contributed by atoms with Crippen LogP contribution in [0.1, 0.15) is 38.7 Å². The first-order chi connectivity index (χ1) is 9.65. The smallest absolute Gasteiger partial charge is 0.223 e. The number of nitrogens with zero attached hydrogens (tertiary/aromatic N) is 1. The molecule has 0 bridgehead atoms. The molecular formula is C16H26N2O2.